The maximum atomic E-state index is 11.3. The molecule has 2 aromatic rings. The molecule has 0 bridgehead atoms. The third kappa shape index (κ3) is 3.07. The average Bonchev–Trinajstić information content (AvgIpc) is 2.89. The molecule has 19 heavy (non-hydrogen) atoms. The lowest BCUT2D eigenvalue weighted by Crippen LogP contribution is -2.14. The van der Waals surface area contributed by atoms with Gasteiger partial charge in [0.1, 0.15) is 0 Å². The van der Waals surface area contributed by atoms with Gasteiger partial charge >= 0.3 is 0 Å². The van der Waals surface area contributed by atoms with E-state index in [1.807, 2.05) is 24.4 Å². The first kappa shape index (κ1) is 12.6. The highest BCUT2D eigenvalue weighted by Gasteiger charge is 2.04. The van der Waals surface area contributed by atoms with E-state index in [1.165, 1.54) is 6.08 Å². The Bertz CT molecular complexity index is 650. The van der Waals surface area contributed by atoms with Crippen LogP contribution in [-0.2, 0) is 4.79 Å². The molecule has 2 N–H and O–H groups in total. The minimum atomic E-state index is -0.430. The third-order valence-electron chi connectivity index (χ3n) is 2.65. The highest BCUT2D eigenvalue weighted by molar-refractivity contribution is 5.95. The van der Waals surface area contributed by atoms with Gasteiger partial charge in [-0.3, -0.25) is 15.1 Å². The van der Waals surface area contributed by atoms with Gasteiger partial charge in [0.15, 0.2) is 6.19 Å². The van der Waals surface area contributed by atoms with Gasteiger partial charge in [-0.25, -0.2) is 0 Å². The molecule has 0 saturated heterocycles. The zero-order chi connectivity index (χ0) is 13.7. The van der Waals surface area contributed by atoms with E-state index >= 15 is 0 Å². The van der Waals surface area contributed by atoms with Crippen LogP contribution in [0.5, 0.6) is 0 Å². The van der Waals surface area contributed by atoms with Gasteiger partial charge in [0, 0.05) is 30.4 Å². The van der Waals surface area contributed by atoms with Crippen molar-refractivity contribution >= 4 is 11.5 Å². The molecular weight excluding hydrogens is 240 g/mol. The van der Waals surface area contributed by atoms with Crippen molar-refractivity contribution in [3.8, 4) is 17.3 Å². The maximum absolute atomic E-state index is 11.3. The summed E-state index contributed by atoms with van der Waals surface area (Å²) in [6.07, 6.45) is 8.29. The fraction of sp³-hybridized carbons (Fsp3) is 0.0714. The van der Waals surface area contributed by atoms with Gasteiger partial charge in [0.2, 0.25) is 0 Å². The number of aromatic amines is 1. The van der Waals surface area contributed by atoms with Crippen LogP contribution in [0.25, 0.3) is 16.7 Å². The molecule has 94 valence electrons. The van der Waals surface area contributed by atoms with Gasteiger partial charge in [-0.15, -0.1) is 0 Å². The summed E-state index contributed by atoms with van der Waals surface area (Å²) in [6.45, 7) is 1.80. The number of H-pyrrole nitrogens is 1. The topological polar surface area (TPSA) is 81.6 Å². The largest absolute Gasteiger partial charge is 0.361 e. The molecule has 0 atom stereocenters. The Morgan fingerprint density at radius 1 is 1.42 bits per heavy atom. The Morgan fingerprint density at radius 3 is 2.84 bits per heavy atom. The van der Waals surface area contributed by atoms with Crippen LogP contribution in [0.2, 0.25) is 0 Å². The van der Waals surface area contributed by atoms with Crippen LogP contribution in [0.3, 0.4) is 0 Å². The fourth-order valence-electron chi connectivity index (χ4n) is 1.70. The second-order valence-corrected chi connectivity index (χ2v) is 3.97. The molecule has 0 unspecified atom stereocenters. The predicted molar refractivity (Wildman–Crippen MR) is 71.4 cm³/mol. The zero-order valence-corrected chi connectivity index (χ0v) is 10.3. The van der Waals surface area contributed by atoms with E-state index in [2.05, 4.69) is 15.3 Å². The van der Waals surface area contributed by atoms with Crippen molar-refractivity contribution in [1.29, 1.82) is 5.26 Å². The molecule has 5 nitrogen and oxygen atoms in total. The van der Waals surface area contributed by atoms with Crippen molar-refractivity contribution in [3.05, 3.63) is 48.6 Å². The van der Waals surface area contributed by atoms with Crippen molar-refractivity contribution in [2.45, 2.75) is 6.92 Å². The summed E-state index contributed by atoms with van der Waals surface area (Å²) in [7, 11) is 0. The summed E-state index contributed by atoms with van der Waals surface area (Å²) in [6, 6.07) is 5.77. The Kier molecular flexibility index (Phi) is 3.74. The minimum Gasteiger partial charge on any atom is -0.361 e. The highest BCUT2D eigenvalue weighted by Crippen LogP contribution is 2.22. The Hall–Kier alpha value is -2.87. The van der Waals surface area contributed by atoms with Crippen LogP contribution in [0, 0.1) is 11.5 Å². The first-order valence-corrected chi connectivity index (χ1v) is 5.67. The number of hydrogen-bond acceptors (Lipinski definition) is 3. The van der Waals surface area contributed by atoms with Crippen LogP contribution in [-0.4, -0.2) is 15.9 Å². The van der Waals surface area contributed by atoms with Crippen LogP contribution >= 0.6 is 0 Å². The lowest BCUT2D eigenvalue weighted by Gasteiger charge is -1.96. The molecule has 2 heterocycles. The first-order chi connectivity index (χ1) is 9.20. The molecule has 2 aromatic heterocycles. The van der Waals surface area contributed by atoms with E-state index in [-0.39, 0.29) is 0 Å². The molecule has 1 amide bonds. The fourth-order valence-corrected chi connectivity index (χ4v) is 1.70. The smallest absolute Gasteiger partial charge is 0.257 e. The van der Waals surface area contributed by atoms with E-state index in [4.69, 9.17) is 5.26 Å². The van der Waals surface area contributed by atoms with Crippen molar-refractivity contribution in [1.82, 2.24) is 15.3 Å². The number of pyridine rings is 1. The molecule has 5 heteroatoms. The van der Waals surface area contributed by atoms with Crippen molar-refractivity contribution in [3.63, 3.8) is 0 Å². The summed E-state index contributed by atoms with van der Waals surface area (Å²) in [4.78, 5) is 18.3. The normalized spacial score (nSPS) is 10.8. The van der Waals surface area contributed by atoms with Crippen LogP contribution in [0.4, 0.5) is 0 Å². The van der Waals surface area contributed by atoms with Crippen molar-refractivity contribution in [2.24, 2.45) is 0 Å². The first-order valence-electron chi connectivity index (χ1n) is 5.67. The number of nitrogens with one attached hydrogen (secondary N) is 2. The standard InChI is InChI=1S/C14H12N4O/c1-10(6-14(19)18-9-15)13-7-12(8-17-13)11-2-4-16-5-3-11/h2-8,17H,1H3,(H,18,19). The van der Waals surface area contributed by atoms with Gasteiger partial charge in [-0.2, -0.15) is 5.26 Å². The van der Waals surface area contributed by atoms with E-state index in [9.17, 15) is 4.79 Å². The molecule has 0 fully saturated rings. The zero-order valence-electron chi connectivity index (χ0n) is 10.3. The molecular formula is C14H12N4O. The predicted octanol–water partition coefficient (Wildman–Crippen LogP) is 2.08. The number of amides is 1. The second kappa shape index (κ2) is 5.65. The van der Waals surface area contributed by atoms with Gasteiger partial charge in [-0.1, -0.05) is 0 Å². The minimum absolute atomic E-state index is 0.430. The lowest BCUT2D eigenvalue weighted by atomic mass is 10.1. The van der Waals surface area contributed by atoms with Crippen LogP contribution in [0.1, 0.15) is 12.6 Å². The van der Waals surface area contributed by atoms with Crippen molar-refractivity contribution in [2.75, 3.05) is 0 Å². The lowest BCUT2D eigenvalue weighted by molar-refractivity contribution is -0.115. The number of carbonyl (C=O) groups excluding carboxylic acids is 1. The second-order valence-electron chi connectivity index (χ2n) is 3.97. The van der Waals surface area contributed by atoms with E-state index in [0.29, 0.717) is 0 Å². The number of aromatic nitrogens is 2. The molecule has 0 aliphatic rings. The summed E-state index contributed by atoms with van der Waals surface area (Å²) < 4.78 is 0. The van der Waals surface area contributed by atoms with E-state index in [0.717, 1.165) is 22.4 Å². The molecule has 2 rings (SSSR count). The summed E-state index contributed by atoms with van der Waals surface area (Å²) in [5.74, 6) is -0.430. The monoisotopic (exact) mass is 252 g/mol. The summed E-state index contributed by atoms with van der Waals surface area (Å²) in [5, 5.41) is 10.4. The number of rotatable bonds is 3. The van der Waals surface area contributed by atoms with Crippen molar-refractivity contribution < 1.29 is 4.79 Å². The number of hydrogen-bond donors (Lipinski definition) is 2. The van der Waals surface area contributed by atoms with Gasteiger partial charge < -0.3 is 4.98 Å². The molecule has 0 aliphatic heterocycles. The average molecular weight is 252 g/mol. The van der Waals surface area contributed by atoms with E-state index < -0.39 is 5.91 Å². The molecule has 0 saturated carbocycles. The number of carbonyl (C=O) groups is 1. The third-order valence-corrected chi connectivity index (χ3v) is 2.65. The highest BCUT2D eigenvalue weighted by atomic mass is 16.1. The van der Waals surface area contributed by atoms with Gasteiger partial charge in [-0.05, 0) is 41.8 Å². The van der Waals surface area contributed by atoms with Gasteiger partial charge in [0.25, 0.3) is 5.91 Å². The number of nitriles is 1. The van der Waals surface area contributed by atoms with Crippen LogP contribution < -0.4 is 5.32 Å². The Morgan fingerprint density at radius 2 is 2.16 bits per heavy atom. The SMILES string of the molecule is CC(=CC(=O)NC#N)c1cc(-c2ccncc2)c[nH]1. The van der Waals surface area contributed by atoms with Gasteiger partial charge in [0.05, 0.1) is 0 Å². The molecule has 0 aromatic carbocycles. The maximum Gasteiger partial charge on any atom is 0.257 e. The van der Waals surface area contributed by atoms with Crippen LogP contribution in [0.15, 0.2) is 42.9 Å². The number of nitrogens with zero attached hydrogens (tertiary/aromatic N) is 2. The Balaban J connectivity index is 2.22. The number of allylic oxidation sites excluding steroid dienone is 1. The molecule has 0 radical (unpaired) electrons. The summed E-state index contributed by atoms with van der Waals surface area (Å²) >= 11 is 0. The Labute approximate surface area is 110 Å². The quantitative estimate of drug-likeness (QED) is 0.498. The molecule has 0 aliphatic carbocycles. The van der Waals surface area contributed by atoms with E-state index in [1.54, 1.807) is 25.5 Å². The molecule has 0 spiro atoms. The summed E-state index contributed by atoms with van der Waals surface area (Å²) in [5.41, 5.74) is 3.66.